The van der Waals surface area contributed by atoms with Crippen LogP contribution in [0.3, 0.4) is 0 Å². The molecule has 0 spiro atoms. The molecule has 0 amide bonds. The van der Waals surface area contributed by atoms with Crippen molar-refractivity contribution in [3.05, 3.63) is 0 Å². The monoisotopic (exact) mass is 827 g/mol. The normalized spacial score (nSPS) is 11.7. The lowest BCUT2D eigenvalue weighted by Gasteiger charge is -2.09. The minimum Gasteiger partial charge on any atom is -0.379 e. The van der Waals surface area contributed by atoms with Gasteiger partial charge in [-0.25, -0.2) is 0 Å². The molecule has 0 aliphatic rings. The minimum atomic E-state index is 0.517. The summed E-state index contributed by atoms with van der Waals surface area (Å²) >= 11 is 0. The lowest BCUT2D eigenvalue weighted by molar-refractivity contribution is -0.0290. The van der Waals surface area contributed by atoms with Crippen molar-refractivity contribution in [2.45, 2.75) is 117 Å². The Morgan fingerprint density at radius 2 is 0.263 bits per heavy atom. The molecule has 13 heteroatoms. The molecule has 0 heterocycles. The first-order valence-electron chi connectivity index (χ1n) is 22.9. The smallest absolute Gasteiger partial charge is 0.0701 e. The quantitative estimate of drug-likeness (QED) is 0.0565. The summed E-state index contributed by atoms with van der Waals surface area (Å²) in [6.07, 6.45) is 21.1. The molecule has 0 saturated carbocycles. The molecule has 0 aliphatic carbocycles. The summed E-state index contributed by atoms with van der Waals surface area (Å²) in [4.78, 5) is 0. The molecule has 0 radical (unpaired) electrons. The standard InChI is InChI=1S/C44H90O13/c1-3-5-7-9-10-11-12-13-14-16-18-20-46-22-24-48-26-28-50-30-32-52-34-36-54-38-40-56-42-44-57-43-41-55-39-37-53-35-33-51-31-29-49-27-25-47-23-21-45-19-17-15-8-6-4-2/h3-44H2,1-2H3. The Kier molecular flexibility index (Phi) is 55.0. The van der Waals surface area contributed by atoms with Gasteiger partial charge in [0.25, 0.3) is 0 Å². The zero-order valence-electron chi connectivity index (χ0n) is 37.0. The predicted octanol–water partition coefficient (Wildman–Crippen LogP) is 7.48. The Morgan fingerprint density at radius 3 is 0.421 bits per heavy atom. The number of hydrogen-bond acceptors (Lipinski definition) is 13. The van der Waals surface area contributed by atoms with Crippen LogP contribution in [-0.4, -0.2) is 172 Å². The van der Waals surface area contributed by atoms with Crippen LogP contribution in [0, 0.1) is 0 Å². The van der Waals surface area contributed by atoms with Gasteiger partial charge < -0.3 is 61.6 Å². The summed E-state index contributed by atoms with van der Waals surface area (Å²) in [5.74, 6) is 0. The van der Waals surface area contributed by atoms with Crippen molar-refractivity contribution in [2.75, 3.05) is 172 Å². The van der Waals surface area contributed by atoms with Gasteiger partial charge in [-0.1, -0.05) is 104 Å². The molecule has 0 aromatic carbocycles. The molecule has 0 rings (SSSR count). The lowest BCUT2D eigenvalue weighted by Crippen LogP contribution is -2.15. The summed E-state index contributed by atoms with van der Waals surface area (Å²) in [6.45, 7) is 19.4. The highest BCUT2D eigenvalue weighted by Gasteiger charge is 1.98. The molecule has 0 unspecified atom stereocenters. The maximum absolute atomic E-state index is 5.67. The summed E-state index contributed by atoms with van der Waals surface area (Å²) in [7, 11) is 0. The van der Waals surface area contributed by atoms with E-state index in [1.807, 2.05) is 0 Å². The van der Waals surface area contributed by atoms with Gasteiger partial charge in [-0.2, -0.15) is 0 Å². The average molecular weight is 827 g/mol. The minimum absolute atomic E-state index is 0.517. The maximum Gasteiger partial charge on any atom is 0.0701 e. The number of unbranched alkanes of at least 4 members (excludes halogenated alkanes) is 14. The third kappa shape index (κ3) is 55.5. The van der Waals surface area contributed by atoms with Crippen LogP contribution in [0.5, 0.6) is 0 Å². The van der Waals surface area contributed by atoms with E-state index >= 15 is 0 Å². The third-order valence-electron chi connectivity index (χ3n) is 8.75. The van der Waals surface area contributed by atoms with Crippen LogP contribution in [-0.2, 0) is 61.6 Å². The van der Waals surface area contributed by atoms with E-state index in [1.54, 1.807) is 0 Å². The van der Waals surface area contributed by atoms with Gasteiger partial charge in [-0.05, 0) is 12.8 Å². The Labute approximate surface area is 349 Å². The zero-order chi connectivity index (χ0) is 40.9. The van der Waals surface area contributed by atoms with Crippen molar-refractivity contribution in [3.8, 4) is 0 Å². The number of ether oxygens (including phenoxy) is 13. The molecule has 0 bridgehead atoms. The topological polar surface area (TPSA) is 120 Å². The van der Waals surface area contributed by atoms with Crippen molar-refractivity contribution >= 4 is 0 Å². The molecule has 0 aromatic heterocycles. The molecule has 0 fully saturated rings. The van der Waals surface area contributed by atoms with E-state index < -0.39 is 0 Å². The number of hydrogen-bond donors (Lipinski definition) is 0. The van der Waals surface area contributed by atoms with E-state index in [4.69, 9.17) is 61.6 Å². The molecule has 0 aliphatic heterocycles. The Bertz CT molecular complexity index is 626. The Morgan fingerprint density at radius 1 is 0.140 bits per heavy atom. The molecule has 0 atom stereocenters. The predicted molar refractivity (Wildman–Crippen MR) is 226 cm³/mol. The van der Waals surface area contributed by atoms with Crippen LogP contribution in [0.25, 0.3) is 0 Å². The second-order valence-electron chi connectivity index (χ2n) is 13.9. The Hall–Kier alpha value is -0.520. The lowest BCUT2D eigenvalue weighted by atomic mass is 10.1. The van der Waals surface area contributed by atoms with Crippen LogP contribution in [0.1, 0.15) is 117 Å². The van der Waals surface area contributed by atoms with Crippen molar-refractivity contribution in [2.24, 2.45) is 0 Å². The fourth-order valence-electron chi connectivity index (χ4n) is 5.42. The fourth-order valence-corrected chi connectivity index (χ4v) is 5.42. The van der Waals surface area contributed by atoms with Crippen molar-refractivity contribution < 1.29 is 61.6 Å². The third-order valence-corrected chi connectivity index (χ3v) is 8.75. The van der Waals surface area contributed by atoms with Crippen molar-refractivity contribution in [1.29, 1.82) is 0 Å². The van der Waals surface area contributed by atoms with Crippen LogP contribution in [0.2, 0.25) is 0 Å². The van der Waals surface area contributed by atoms with Crippen molar-refractivity contribution in [3.63, 3.8) is 0 Å². The van der Waals surface area contributed by atoms with Crippen LogP contribution in [0.4, 0.5) is 0 Å². The highest BCUT2D eigenvalue weighted by molar-refractivity contribution is 4.48. The molecular weight excluding hydrogens is 736 g/mol. The molecule has 0 N–H and O–H groups in total. The average Bonchev–Trinajstić information content (AvgIpc) is 3.22. The first-order valence-corrected chi connectivity index (χ1v) is 22.9. The van der Waals surface area contributed by atoms with Crippen LogP contribution in [0.15, 0.2) is 0 Å². The summed E-state index contributed by atoms with van der Waals surface area (Å²) in [5, 5.41) is 0. The molecule has 344 valence electrons. The zero-order valence-corrected chi connectivity index (χ0v) is 37.0. The van der Waals surface area contributed by atoms with Gasteiger partial charge in [-0.15, -0.1) is 0 Å². The van der Waals surface area contributed by atoms with E-state index in [0.717, 1.165) is 26.1 Å². The molecule has 13 nitrogen and oxygen atoms in total. The second-order valence-corrected chi connectivity index (χ2v) is 13.9. The first kappa shape index (κ1) is 56.5. The van der Waals surface area contributed by atoms with Gasteiger partial charge in [0.05, 0.1) is 159 Å². The molecule has 0 aromatic rings. The van der Waals surface area contributed by atoms with Crippen LogP contribution >= 0.6 is 0 Å². The molecular formula is C44H90O13. The van der Waals surface area contributed by atoms with Gasteiger partial charge in [0.15, 0.2) is 0 Å². The van der Waals surface area contributed by atoms with E-state index in [9.17, 15) is 0 Å². The summed E-state index contributed by atoms with van der Waals surface area (Å²) < 4.78 is 72.0. The molecule has 0 saturated heterocycles. The SMILES string of the molecule is CCCCCCCCCCCCCOCCOCCOCCOCCOCCOCCOCCOCCOCCOCCOCCOCCOCCCCCCC. The largest absolute Gasteiger partial charge is 0.379 e. The van der Waals surface area contributed by atoms with E-state index in [1.165, 1.54) is 89.9 Å². The van der Waals surface area contributed by atoms with E-state index in [0.29, 0.717) is 159 Å². The van der Waals surface area contributed by atoms with Gasteiger partial charge in [-0.3, -0.25) is 0 Å². The molecule has 57 heavy (non-hydrogen) atoms. The van der Waals surface area contributed by atoms with Gasteiger partial charge >= 0.3 is 0 Å². The summed E-state index contributed by atoms with van der Waals surface area (Å²) in [5.41, 5.74) is 0. The Balaban J connectivity index is 3.05. The van der Waals surface area contributed by atoms with Crippen molar-refractivity contribution in [1.82, 2.24) is 0 Å². The second kappa shape index (κ2) is 55.5. The van der Waals surface area contributed by atoms with Gasteiger partial charge in [0, 0.05) is 13.2 Å². The van der Waals surface area contributed by atoms with E-state index in [2.05, 4.69) is 13.8 Å². The van der Waals surface area contributed by atoms with Crippen LogP contribution < -0.4 is 0 Å². The summed E-state index contributed by atoms with van der Waals surface area (Å²) in [6, 6.07) is 0. The van der Waals surface area contributed by atoms with E-state index in [-0.39, 0.29) is 0 Å². The maximum atomic E-state index is 5.67. The highest BCUT2D eigenvalue weighted by Crippen LogP contribution is 2.11. The number of rotatable bonds is 54. The van der Waals surface area contributed by atoms with Gasteiger partial charge in [0.2, 0.25) is 0 Å². The van der Waals surface area contributed by atoms with Gasteiger partial charge in [0.1, 0.15) is 0 Å². The fraction of sp³-hybridized carbons (Fsp3) is 1.00. The highest BCUT2D eigenvalue weighted by atomic mass is 16.6. The first-order chi connectivity index (χ1) is 28.4.